The van der Waals surface area contributed by atoms with Gasteiger partial charge in [0.15, 0.2) is 0 Å². The number of hydrogen-bond donors (Lipinski definition) is 1. The molecule has 3 unspecified atom stereocenters. The predicted molar refractivity (Wildman–Crippen MR) is 84.4 cm³/mol. The first-order chi connectivity index (χ1) is 9.01. The van der Waals surface area contributed by atoms with Crippen LogP contribution in [-0.2, 0) is 4.79 Å². The second-order valence-corrected chi connectivity index (χ2v) is 7.23. The SMILES string of the molecule is CCCC1NC(CC(C)C)C(=O)N1C(C)CSCC. The highest BCUT2D eigenvalue weighted by molar-refractivity contribution is 7.99. The largest absolute Gasteiger partial charge is 0.322 e. The van der Waals surface area contributed by atoms with Crippen LogP contribution < -0.4 is 5.32 Å². The Morgan fingerprint density at radius 2 is 2.00 bits per heavy atom. The summed E-state index contributed by atoms with van der Waals surface area (Å²) >= 11 is 1.92. The van der Waals surface area contributed by atoms with Crippen molar-refractivity contribution in [3.8, 4) is 0 Å². The molecule has 3 atom stereocenters. The first kappa shape index (κ1) is 16.8. The average Bonchev–Trinajstić information content (AvgIpc) is 2.63. The van der Waals surface area contributed by atoms with Gasteiger partial charge in [0.1, 0.15) is 0 Å². The Hall–Kier alpha value is -0.220. The van der Waals surface area contributed by atoms with E-state index in [1.165, 1.54) is 0 Å². The van der Waals surface area contributed by atoms with Gasteiger partial charge in [-0.25, -0.2) is 0 Å². The molecule has 1 aliphatic rings. The predicted octanol–water partition coefficient (Wildman–Crippen LogP) is 3.10. The van der Waals surface area contributed by atoms with E-state index in [9.17, 15) is 4.79 Å². The summed E-state index contributed by atoms with van der Waals surface area (Å²) in [5, 5.41) is 3.55. The average molecular weight is 286 g/mol. The zero-order valence-corrected chi connectivity index (χ0v) is 13.9. The minimum absolute atomic E-state index is 0.0330. The Morgan fingerprint density at radius 3 is 2.53 bits per heavy atom. The lowest BCUT2D eigenvalue weighted by Crippen LogP contribution is -2.44. The number of nitrogens with zero attached hydrogens (tertiary/aromatic N) is 1. The van der Waals surface area contributed by atoms with E-state index in [-0.39, 0.29) is 12.2 Å². The maximum Gasteiger partial charge on any atom is 0.241 e. The summed E-state index contributed by atoms with van der Waals surface area (Å²) in [6, 6.07) is 0.365. The van der Waals surface area contributed by atoms with E-state index in [1.807, 2.05) is 11.8 Å². The summed E-state index contributed by atoms with van der Waals surface area (Å²) in [6.45, 7) is 10.9. The van der Waals surface area contributed by atoms with Gasteiger partial charge in [-0.05, 0) is 31.4 Å². The molecule has 0 radical (unpaired) electrons. The van der Waals surface area contributed by atoms with E-state index in [0.717, 1.165) is 30.8 Å². The molecule has 19 heavy (non-hydrogen) atoms. The Balaban J connectivity index is 2.70. The van der Waals surface area contributed by atoms with Gasteiger partial charge in [0.2, 0.25) is 5.91 Å². The molecule has 1 heterocycles. The van der Waals surface area contributed by atoms with Crippen LogP contribution in [0.15, 0.2) is 0 Å². The van der Waals surface area contributed by atoms with Crippen molar-refractivity contribution in [1.29, 1.82) is 0 Å². The van der Waals surface area contributed by atoms with E-state index in [4.69, 9.17) is 0 Å². The van der Waals surface area contributed by atoms with Gasteiger partial charge >= 0.3 is 0 Å². The van der Waals surface area contributed by atoms with Crippen molar-refractivity contribution in [2.24, 2.45) is 5.92 Å². The minimum atomic E-state index is 0.0330. The molecule has 1 aliphatic heterocycles. The third-order valence-electron chi connectivity index (χ3n) is 3.59. The van der Waals surface area contributed by atoms with Crippen LogP contribution in [0.1, 0.15) is 53.9 Å². The number of hydrogen-bond acceptors (Lipinski definition) is 3. The normalized spacial score (nSPS) is 25.4. The lowest BCUT2D eigenvalue weighted by atomic mass is 10.0. The van der Waals surface area contributed by atoms with Crippen molar-refractivity contribution >= 4 is 17.7 Å². The quantitative estimate of drug-likeness (QED) is 0.744. The Labute approximate surface area is 122 Å². The molecule has 0 aliphatic carbocycles. The minimum Gasteiger partial charge on any atom is -0.322 e. The molecule has 3 nitrogen and oxygen atoms in total. The van der Waals surface area contributed by atoms with Crippen LogP contribution in [0.3, 0.4) is 0 Å². The molecule has 1 amide bonds. The molecule has 1 rings (SSSR count). The number of thioether (sulfide) groups is 1. The molecule has 0 aromatic carbocycles. The molecule has 0 aromatic rings. The van der Waals surface area contributed by atoms with Crippen LogP contribution in [0.2, 0.25) is 0 Å². The third-order valence-corrected chi connectivity index (χ3v) is 4.72. The fourth-order valence-electron chi connectivity index (χ4n) is 2.75. The molecular formula is C15H30N2OS. The molecule has 0 saturated carbocycles. The zero-order chi connectivity index (χ0) is 14.4. The van der Waals surface area contributed by atoms with Gasteiger partial charge in [0.25, 0.3) is 0 Å². The smallest absolute Gasteiger partial charge is 0.241 e. The number of carbonyl (C=O) groups is 1. The molecule has 1 fully saturated rings. The molecule has 0 bridgehead atoms. The second kappa shape index (κ2) is 8.15. The Morgan fingerprint density at radius 1 is 1.32 bits per heavy atom. The van der Waals surface area contributed by atoms with E-state index < -0.39 is 0 Å². The first-order valence-corrected chi connectivity index (χ1v) is 8.82. The maximum atomic E-state index is 12.6. The van der Waals surface area contributed by atoms with Gasteiger partial charge in [0, 0.05) is 11.8 Å². The lowest BCUT2D eigenvalue weighted by molar-refractivity contribution is -0.131. The van der Waals surface area contributed by atoms with Gasteiger partial charge in [-0.3, -0.25) is 10.1 Å². The summed E-state index contributed by atoms with van der Waals surface area (Å²) in [6.07, 6.45) is 3.36. The monoisotopic (exact) mass is 286 g/mol. The summed E-state index contributed by atoms with van der Waals surface area (Å²) in [5.41, 5.74) is 0. The van der Waals surface area contributed by atoms with Crippen molar-refractivity contribution in [3.63, 3.8) is 0 Å². The van der Waals surface area contributed by atoms with Crippen molar-refractivity contribution in [1.82, 2.24) is 10.2 Å². The third kappa shape index (κ3) is 4.67. The molecule has 0 spiro atoms. The van der Waals surface area contributed by atoms with Gasteiger partial charge < -0.3 is 4.90 Å². The fourth-order valence-corrected chi connectivity index (χ4v) is 3.48. The van der Waals surface area contributed by atoms with Crippen LogP contribution in [0.25, 0.3) is 0 Å². The Bertz CT molecular complexity index is 283. The number of nitrogens with one attached hydrogen (secondary N) is 1. The van der Waals surface area contributed by atoms with Crippen LogP contribution in [0.5, 0.6) is 0 Å². The molecule has 0 aromatic heterocycles. The molecule has 1 N–H and O–H groups in total. The number of rotatable bonds is 8. The van der Waals surface area contributed by atoms with E-state index in [1.54, 1.807) is 0 Å². The Kier molecular flexibility index (Phi) is 7.22. The number of carbonyl (C=O) groups excluding carboxylic acids is 1. The standard InChI is InChI=1S/C15H30N2OS/c1-6-8-14-16-13(9-11(3)4)15(18)17(14)12(5)10-19-7-2/h11-14,16H,6-10H2,1-5H3. The molecule has 112 valence electrons. The summed E-state index contributed by atoms with van der Waals surface area (Å²) in [7, 11) is 0. The fraction of sp³-hybridized carbons (Fsp3) is 0.933. The first-order valence-electron chi connectivity index (χ1n) is 7.67. The maximum absolute atomic E-state index is 12.6. The summed E-state index contributed by atoms with van der Waals surface area (Å²) in [5.74, 6) is 3.03. The second-order valence-electron chi connectivity index (χ2n) is 5.91. The van der Waals surface area contributed by atoms with E-state index in [2.05, 4.69) is 44.8 Å². The van der Waals surface area contributed by atoms with Crippen LogP contribution in [0.4, 0.5) is 0 Å². The number of amides is 1. The molecular weight excluding hydrogens is 256 g/mol. The van der Waals surface area contributed by atoms with Gasteiger partial charge in [-0.2, -0.15) is 11.8 Å². The van der Waals surface area contributed by atoms with Crippen molar-refractivity contribution in [2.45, 2.75) is 72.1 Å². The highest BCUT2D eigenvalue weighted by Crippen LogP contribution is 2.23. The van der Waals surface area contributed by atoms with Crippen molar-refractivity contribution in [3.05, 3.63) is 0 Å². The highest BCUT2D eigenvalue weighted by atomic mass is 32.2. The topological polar surface area (TPSA) is 32.3 Å². The van der Waals surface area contributed by atoms with E-state index in [0.29, 0.717) is 17.9 Å². The van der Waals surface area contributed by atoms with Crippen LogP contribution in [0, 0.1) is 5.92 Å². The zero-order valence-electron chi connectivity index (χ0n) is 13.1. The van der Waals surface area contributed by atoms with Crippen molar-refractivity contribution < 1.29 is 4.79 Å². The van der Waals surface area contributed by atoms with Gasteiger partial charge in [-0.15, -0.1) is 0 Å². The molecule has 4 heteroatoms. The lowest BCUT2D eigenvalue weighted by Gasteiger charge is -2.30. The van der Waals surface area contributed by atoms with Gasteiger partial charge in [0.05, 0.1) is 12.2 Å². The molecule has 1 saturated heterocycles. The van der Waals surface area contributed by atoms with Crippen molar-refractivity contribution in [2.75, 3.05) is 11.5 Å². The summed E-state index contributed by atoms with van der Waals surface area (Å²) in [4.78, 5) is 14.7. The van der Waals surface area contributed by atoms with E-state index >= 15 is 0 Å². The summed E-state index contributed by atoms with van der Waals surface area (Å²) < 4.78 is 0. The highest BCUT2D eigenvalue weighted by Gasteiger charge is 2.40. The van der Waals surface area contributed by atoms with Crippen LogP contribution >= 0.6 is 11.8 Å². The van der Waals surface area contributed by atoms with Gasteiger partial charge in [-0.1, -0.05) is 34.1 Å². The van der Waals surface area contributed by atoms with Crippen LogP contribution in [-0.4, -0.2) is 40.6 Å².